The summed E-state index contributed by atoms with van der Waals surface area (Å²) in [7, 11) is 0. The first-order valence-electron chi connectivity index (χ1n) is 6.69. The second-order valence-corrected chi connectivity index (χ2v) is 5.53. The van der Waals surface area contributed by atoms with E-state index >= 15 is 0 Å². The summed E-state index contributed by atoms with van der Waals surface area (Å²) >= 11 is 0. The Labute approximate surface area is 98.8 Å². The second kappa shape index (κ2) is 5.17. The topological polar surface area (TPSA) is 23.6 Å². The maximum atomic E-state index is 12.0. The van der Waals surface area contributed by atoms with Gasteiger partial charge in [0.25, 0.3) is 0 Å². The van der Waals surface area contributed by atoms with Crippen LogP contribution in [-0.4, -0.2) is 48.4 Å². The molecule has 0 aromatic heterocycles. The van der Waals surface area contributed by atoms with Crippen LogP contribution in [0.15, 0.2) is 0 Å². The van der Waals surface area contributed by atoms with Gasteiger partial charge in [-0.15, -0.1) is 0 Å². The first kappa shape index (κ1) is 11.9. The van der Waals surface area contributed by atoms with Gasteiger partial charge in [-0.25, -0.2) is 0 Å². The van der Waals surface area contributed by atoms with E-state index in [1.165, 1.54) is 19.3 Å². The van der Waals surface area contributed by atoms with Gasteiger partial charge in [-0.05, 0) is 31.2 Å². The van der Waals surface area contributed by atoms with Crippen LogP contribution in [0.3, 0.4) is 0 Å². The molecule has 2 saturated heterocycles. The Morgan fingerprint density at radius 3 is 2.62 bits per heavy atom. The first-order valence-corrected chi connectivity index (χ1v) is 6.69. The zero-order valence-corrected chi connectivity index (χ0v) is 10.6. The largest absolute Gasteiger partial charge is 0.341 e. The molecule has 3 heteroatoms. The molecule has 2 heterocycles. The highest BCUT2D eigenvalue weighted by molar-refractivity contribution is 5.78. The molecule has 0 aromatic carbocycles. The summed E-state index contributed by atoms with van der Waals surface area (Å²) in [6, 6.07) is 0. The molecule has 0 N–H and O–H groups in total. The molecule has 2 aliphatic heterocycles. The van der Waals surface area contributed by atoms with Crippen molar-refractivity contribution in [3.63, 3.8) is 0 Å². The van der Waals surface area contributed by atoms with Gasteiger partial charge >= 0.3 is 0 Å². The van der Waals surface area contributed by atoms with Crippen molar-refractivity contribution in [2.24, 2.45) is 11.8 Å². The van der Waals surface area contributed by atoms with Crippen LogP contribution in [0.5, 0.6) is 0 Å². The number of rotatable bonds is 3. The molecule has 0 aromatic rings. The Kier molecular flexibility index (Phi) is 3.85. The number of hydrogen-bond acceptors (Lipinski definition) is 2. The van der Waals surface area contributed by atoms with E-state index in [4.69, 9.17) is 0 Å². The third-order valence-electron chi connectivity index (χ3n) is 4.08. The van der Waals surface area contributed by atoms with Gasteiger partial charge in [-0.1, -0.05) is 20.3 Å². The molecule has 2 aliphatic rings. The smallest absolute Gasteiger partial charge is 0.236 e. The van der Waals surface area contributed by atoms with Crippen LogP contribution in [0, 0.1) is 11.8 Å². The zero-order chi connectivity index (χ0) is 11.5. The van der Waals surface area contributed by atoms with Crippen LogP contribution in [-0.2, 0) is 4.79 Å². The molecule has 2 fully saturated rings. The minimum atomic E-state index is 0.348. The molecule has 0 radical (unpaired) electrons. The quantitative estimate of drug-likeness (QED) is 0.727. The number of carbonyl (C=O) groups excluding carboxylic acids is 1. The average Bonchev–Trinajstić information content (AvgIpc) is 2.87. The van der Waals surface area contributed by atoms with E-state index in [1.54, 1.807) is 0 Å². The van der Waals surface area contributed by atoms with Crippen molar-refractivity contribution in [2.45, 2.75) is 33.1 Å². The van der Waals surface area contributed by atoms with Crippen LogP contribution >= 0.6 is 0 Å². The van der Waals surface area contributed by atoms with Crippen LogP contribution in [0.1, 0.15) is 33.1 Å². The summed E-state index contributed by atoms with van der Waals surface area (Å²) in [4.78, 5) is 16.4. The Morgan fingerprint density at radius 1 is 1.25 bits per heavy atom. The van der Waals surface area contributed by atoms with Crippen molar-refractivity contribution in [1.82, 2.24) is 9.80 Å². The summed E-state index contributed by atoms with van der Waals surface area (Å²) in [6.45, 7) is 9.34. The lowest BCUT2D eigenvalue weighted by molar-refractivity contribution is -0.131. The molecule has 16 heavy (non-hydrogen) atoms. The summed E-state index contributed by atoms with van der Waals surface area (Å²) < 4.78 is 0. The molecule has 0 spiro atoms. The van der Waals surface area contributed by atoms with Crippen molar-refractivity contribution in [1.29, 1.82) is 0 Å². The highest BCUT2D eigenvalue weighted by Gasteiger charge is 2.27. The maximum absolute atomic E-state index is 12.0. The van der Waals surface area contributed by atoms with Gasteiger partial charge < -0.3 is 4.90 Å². The number of hydrogen-bond donors (Lipinski definition) is 0. The summed E-state index contributed by atoms with van der Waals surface area (Å²) in [5, 5.41) is 0. The van der Waals surface area contributed by atoms with Crippen molar-refractivity contribution < 1.29 is 4.79 Å². The molecule has 0 bridgehead atoms. The van der Waals surface area contributed by atoms with Gasteiger partial charge in [0, 0.05) is 19.6 Å². The molecule has 1 amide bonds. The van der Waals surface area contributed by atoms with Crippen LogP contribution in [0.25, 0.3) is 0 Å². The van der Waals surface area contributed by atoms with Crippen molar-refractivity contribution in [3.05, 3.63) is 0 Å². The summed E-state index contributed by atoms with van der Waals surface area (Å²) in [6.07, 6.45) is 3.72. The van der Waals surface area contributed by atoms with E-state index in [9.17, 15) is 4.79 Å². The minimum absolute atomic E-state index is 0.348. The lowest BCUT2D eigenvalue weighted by Crippen LogP contribution is -2.38. The average molecular weight is 224 g/mol. The number of amides is 1. The summed E-state index contributed by atoms with van der Waals surface area (Å²) in [5.41, 5.74) is 0. The SMILES string of the molecule is CCC1CCN(CC(=O)N2CCC(C)C2)C1. The predicted octanol–water partition coefficient (Wildman–Crippen LogP) is 1.59. The standard InChI is InChI=1S/C13H24N2O/c1-3-12-5-6-14(9-12)10-13(16)15-7-4-11(2)8-15/h11-12H,3-10H2,1-2H3. The zero-order valence-electron chi connectivity index (χ0n) is 10.6. The van der Waals surface area contributed by atoms with Crippen molar-refractivity contribution in [2.75, 3.05) is 32.7 Å². The van der Waals surface area contributed by atoms with Gasteiger partial charge in [0.1, 0.15) is 0 Å². The van der Waals surface area contributed by atoms with E-state index in [2.05, 4.69) is 18.7 Å². The molecule has 0 aliphatic carbocycles. The fraction of sp³-hybridized carbons (Fsp3) is 0.923. The van der Waals surface area contributed by atoms with E-state index in [0.29, 0.717) is 18.4 Å². The predicted molar refractivity (Wildman–Crippen MR) is 65.2 cm³/mol. The fourth-order valence-corrected chi connectivity index (χ4v) is 2.84. The van der Waals surface area contributed by atoms with Gasteiger partial charge in [0.2, 0.25) is 5.91 Å². The number of likely N-dealkylation sites (tertiary alicyclic amines) is 2. The third kappa shape index (κ3) is 2.76. The molecular formula is C13H24N2O. The van der Waals surface area contributed by atoms with Gasteiger partial charge in [0.05, 0.1) is 6.54 Å². The molecular weight excluding hydrogens is 200 g/mol. The van der Waals surface area contributed by atoms with E-state index < -0.39 is 0 Å². The van der Waals surface area contributed by atoms with E-state index in [-0.39, 0.29) is 0 Å². The Bertz CT molecular complexity index is 254. The Hall–Kier alpha value is -0.570. The molecule has 2 atom stereocenters. The highest BCUT2D eigenvalue weighted by Crippen LogP contribution is 2.20. The lowest BCUT2D eigenvalue weighted by Gasteiger charge is -2.21. The normalized spacial score (nSPS) is 31.2. The number of nitrogens with zero attached hydrogens (tertiary/aromatic N) is 2. The molecule has 0 saturated carbocycles. The second-order valence-electron chi connectivity index (χ2n) is 5.53. The summed E-state index contributed by atoms with van der Waals surface area (Å²) in [5.74, 6) is 1.87. The fourth-order valence-electron chi connectivity index (χ4n) is 2.84. The van der Waals surface area contributed by atoms with Crippen molar-refractivity contribution >= 4 is 5.91 Å². The lowest BCUT2D eigenvalue weighted by atomic mass is 10.1. The minimum Gasteiger partial charge on any atom is -0.341 e. The van der Waals surface area contributed by atoms with Gasteiger partial charge in [0.15, 0.2) is 0 Å². The molecule has 3 nitrogen and oxygen atoms in total. The van der Waals surface area contributed by atoms with Gasteiger partial charge in [-0.3, -0.25) is 9.69 Å². The van der Waals surface area contributed by atoms with Crippen LogP contribution < -0.4 is 0 Å². The Balaban J connectivity index is 1.75. The van der Waals surface area contributed by atoms with E-state index in [1.807, 2.05) is 4.90 Å². The van der Waals surface area contributed by atoms with Gasteiger partial charge in [-0.2, -0.15) is 0 Å². The molecule has 2 rings (SSSR count). The molecule has 2 unspecified atom stereocenters. The third-order valence-corrected chi connectivity index (χ3v) is 4.08. The maximum Gasteiger partial charge on any atom is 0.236 e. The first-order chi connectivity index (χ1) is 7.69. The van der Waals surface area contributed by atoms with E-state index in [0.717, 1.165) is 32.1 Å². The number of carbonyl (C=O) groups is 1. The van der Waals surface area contributed by atoms with Crippen LogP contribution in [0.2, 0.25) is 0 Å². The molecule has 92 valence electrons. The highest BCUT2D eigenvalue weighted by atomic mass is 16.2. The Morgan fingerprint density at radius 2 is 2.06 bits per heavy atom. The van der Waals surface area contributed by atoms with Crippen LogP contribution in [0.4, 0.5) is 0 Å². The van der Waals surface area contributed by atoms with Crippen molar-refractivity contribution in [3.8, 4) is 0 Å². The monoisotopic (exact) mass is 224 g/mol.